The summed E-state index contributed by atoms with van der Waals surface area (Å²) in [5.41, 5.74) is 0.753. The third kappa shape index (κ3) is 9.34. The Hall–Kier alpha value is -2.58. The minimum atomic E-state index is -0.583. The van der Waals surface area contributed by atoms with Gasteiger partial charge in [-0.2, -0.15) is 0 Å². The van der Waals surface area contributed by atoms with Gasteiger partial charge in [0.1, 0.15) is 0 Å². The number of hydrogen-bond acceptors (Lipinski definition) is 6. The quantitative estimate of drug-likeness (QED) is 0.326. The average Bonchev–Trinajstić information content (AvgIpc) is 2.42. The normalized spacial score (nSPS) is 12.6. The average molecular weight is 313 g/mol. The summed E-state index contributed by atoms with van der Waals surface area (Å²) in [7, 11) is 0. The number of rotatable bonds is 11. The van der Waals surface area contributed by atoms with Crippen LogP contribution in [0.5, 0.6) is 0 Å². The predicted molar refractivity (Wildman–Crippen MR) is 79.7 cm³/mol. The lowest BCUT2D eigenvalue weighted by atomic mass is 10.00. The van der Waals surface area contributed by atoms with Crippen LogP contribution < -0.4 is 0 Å². The molecule has 9 heteroatoms. The Labute approximate surface area is 127 Å². The van der Waals surface area contributed by atoms with Crippen LogP contribution in [0, 0.1) is 30.3 Å². The van der Waals surface area contributed by atoms with E-state index < -0.39 is 14.8 Å². The Morgan fingerprint density at radius 1 is 0.909 bits per heavy atom. The van der Waals surface area contributed by atoms with Crippen LogP contribution >= 0.6 is 0 Å². The molecule has 0 spiro atoms. The molecule has 0 fully saturated rings. The van der Waals surface area contributed by atoms with Gasteiger partial charge in [0.05, 0.1) is 14.8 Å². The number of hydrogen-bond donors (Lipinski definition) is 0. The Kier molecular flexibility index (Phi) is 9.82. The topological polar surface area (TPSA) is 129 Å². The molecule has 0 heterocycles. The summed E-state index contributed by atoms with van der Waals surface area (Å²) in [6, 6.07) is 0. The fraction of sp³-hybridized carbons (Fsp3) is 0.538. The summed E-state index contributed by atoms with van der Waals surface area (Å²) in [6.45, 7) is 1.68. The van der Waals surface area contributed by atoms with Crippen LogP contribution in [-0.2, 0) is 0 Å². The minimum Gasteiger partial charge on any atom is -0.259 e. The van der Waals surface area contributed by atoms with E-state index in [0.29, 0.717) is 37.7 Å². The van der Waals surface area contributed by atoms with Crippen LogP contribution in [0.2, 0.25) is 0 Å². The van der Waals surface area contributed by atoms with Gasteiger partial charge in [0, 0.05) is 12.0 Å². The van der Waals surface area contributed by atoms with Crippen molar-refractivity contribution in [2.24, 2.45) is 0 Å². The maximum atomic E-state index is 11.0. The van der Waals surface area contributed by atoms with Gasteiger partial charge in [0.25, 0.3) is 0 Å². The van der Waals surface area contributed by atoms with E-state index in [9.17, 15) is 30.3 Å². The maximum Gasteiger partial charge on any atom is 0.245 e. The van der Waals surface area contributed by atoms with Crippen molar-refractivity contribution in [2.45, 2.75) is 45.4 Å². The molecule has 0 radical (unpaired) electrons. The van der Waals surface area contributed by atoms with Crippen molar-refractivity contribution in [3.8, 4) is 0 Å². The third-order valence-electron chi connectivity index (χ3n) is 2.88. The first kappa shape index (κ1) is 19.4. The van der Waals surface area contributed by atoms with Gasteiger partial charge in [-0.05, 0) is 44.3 Å². The highest BCUT2D eigenvalue weighted by Gasteiger charge is 2.15. The second-order valence-electron chi connectivity index (χ2n) is 4.43. The molecule has 0 aromatic heterocycles. The van der Waals surface area contributed by atoms with E-state index >= 15 is 0 Å². The Morgan fingerprint density at radius 3 is 1.91 bits per heavy atom. The number of unbranched alkanes of at least 4 members (excludes halogenated alkanes) is 1. The Bertz CT molecular complexity index is 496. The van der Waals surface area contributed by atoms with Crippen LogP contribution in [0.4, 0.5) is 0 Å². The largest absolute Gasteiger partial charge is 0.259 e. The molecule has 0 aromatic carbocycles. The zero-order valence-electron chi connectivity index (χ0n) is 12.3. The summed E-state index contributed by atoms with van der Waals surface area (Å²) < 4.78 is 0. The van der Waals surface area contributed by atoms with Crippen molar-refractivity contribution in [2.75, 3.05) is 0 Å². The van der Waals surface area contributed by atoms with E-state index in [4.69, 9.17) is 0 Å². The molecule has 0 aliphatic rings. The van der Waals surface area contributed by atoms with Crippen molar-refractivity contribution in [1.82, 2.24) is 0 Å². The SMILES string of the molecule is CCC(=C(CCC=C[N+](=O)[O-])CCCC=C[N+](=O)[O-])[N+](=O)[O-]. The highest BCUT2D eigenvalue weighted by Crippen LogP contribution is 2.21. The van der Waals surface area contributed by atoms with Gasteiger partial charge in [0.15, 0.2) is 0 Å². The molecule has 0 rings (SSSR count). The van der Waals surface area contributed by atoms with Gasteiger partial charge in [-0.15, -0.1) is 0 Å². The van der Waals surface area contributed by atoms with E-state index in [1.807, 2.05) is 0 Å². The highest BCUT2D eigenvalue weighted by molar-refractivity contribution is 5.09. The highest BCUT2D eigenvalue weighted by atomic mass is 16.6. The first-order valence-corrected chi connectivity index (χ1v) is 6.84. The van der Waals surface area contributed by atoms with Crippen LogP contribution in [0.1, 0.15) is 45.4 Å². The standard InChI is InChI=1S/C13H19N3O6/c1-2-13(16(21)22)12(9-5-7-11-15(19)20)8-4-3-6-10-14(17)18/h6-7,10-11H,2-5,8-9H2,1H3. The fourth-order valence-electron chi connectivity index (χ4n) is 1.93. The summed E-state index contributed by atoms with van der Waals surface area (Å²) in [5.74, 6) is 0. The summed E-state index contributed by atoms with van der Waals surface area (Å²) in [4.78, 5) is 29.7. The van der Waals surface area contributed by atoms with Crippen molar-refractivity contribution >= 4 is 0 Å². The lowest BCUT2D eigenvalue weighted by Gasteiger charge is -2.06. The number of nitro groups is 3. The first-order chi connectivity index (χ1) is 10.4. The number of nitrogens with zero attached hydrogens (tertiary/aromatic N) is 3. The molecule has 0 atom stereocenters. The second kappa shape index (κ2) is 11.1. The lowest BCUT2D eigenvalue weighted by Crippen LogP contribution is -2.03. The van der Waals surface area contributed by atoms with Gasteiger partial charge >= 0.3 is 0 Å². The van der Waals surface area contributed by atoms with Gasteiger partial charge in [-0.1, -0.05) is 6.92 Å². The molecule has 0 saturated heterocycles. The molecule has 0 saturated carbocycles. The molecule has 0 aliphatic heterocycles. The van der Waals surface area contributed by atoms with Gasteiger partial charge in [0.2, 0.25) is 18.1 Å². The molecule has 22 heavy (non-hydrogen) atoms. The van der Waals surface area contributed by atoms with Crippen molar-refractivity contribution in [3.05, 3.63) is 66.2 Å². The maximum absolute atomic E-state index is 11.0. The van der Waals surface area contributed by atoms with Gasteiger partial charge < -0.3 is 0 Å². The van der Waals surface area contributed by atoms with Crippen molar-refractivity contribution < 1.29 is 14.8 Å². The Balaban J connectivity index is 4.70. The van der Waals surface area contributed by atoms with Crippen LogP contribution in [0.25, 0.3) is 0 Å². The summed E-state index contributed by atoms with van der Waals surface area (Å²) >= 11 is 0. The van der Waals surface area contributed by atoms with Gasteiger partial charge in [-0.3, -0.25) is 30.3 Å². The molecular weight excluding hydrogens is 294 g/mol. The first-order valence-electron chi connectivity index (χ1n) is 6.84. The lowest BCUT2D eigenvalue weighted by molar-refractivity contribution is -0.429. The van der Waals surface area contributed by atoms with Crippen LogP contribution in [0.3, 0.4) is 0 Å². The smallest absolute Gasteiger partial charge is 0.245 e. The van der Waals surface area contributed by atoms with Crippen molar-refractivity contribution in [1.29, 1.82) is 0 Å². The monoisotopic (exact) mass is 313 g/mol. The molecule has 122 valence electrons. The van der Waals surface area contributed by atoms with Crippen LogP contribution in [-0.4, -0.2) is 14.8 Å². The molecule has 0 bridgehead atoms. The van der Waals surface area contributed by atoms with Crippen LogP contribution in [0.15, 0.2) is 35.8 Å². The van der Waals surface area contributed by atoms with Gasteiger partial charge in [-0.25, -0.2) is 0 Å². The van der Waals surface area contributed by atoms with E-state index in [-0.39, 0.29) is 12.1 Å². The molecule has 0 amide bonds. The summed E-state index contributed by atoms with van der Waals surface area (Å²) in [5, 5.41) is 31.3. The zero-order valence-corrected chi connectivity index (χ0v) is 12.3. The molecule has 9 nitrogen and oxygen atoms in total. The molecular formula is C13H19N3O6. The minimum absolute atomic E-state index is 0.118. The zero-order chi connectivity index (χ0) is 17.0. The van der Waals surface area contributed by atoms with E-state index in [0.717, 1.165) is 12.4 Å². The molecule has 0 N–H and O–H groups in total. The third-order valence-corrected chi connectivity index (χ3v) is 2.88. The summed E-state index contributed by atoms with van der Waals surface area (Å²) in [6.07, 6.45) is 6.85. The molecule has 0 aromatic rings. The molecule has 0 aliphatic carbocycles. The molecule has 0 unspecified atom stereocenters. The van der Waals surface area contributed by atoms with E-state index in [2.05, 4.69) is 0 Å². The fourth-order valence-corrected chi connectivity index (χ4v) is 1.93. The second-order valence-corrected chi connectivity index (χ2v) is 4.43. The van der Waals surface area contributed by atoms with E-state index in [1.165, 1.54) is 12.2 Å². The number of allylic oxidation sites excluding steroid dienone is 4. The van der Waals surface area contributed by atoms with E-state index in [1.54, 1.807) is 6.92 Å². The van der Waals surface area contributed by atoms with Crippen molar-refractivity contribution in [3.63, 3.8) is 0 Å². The predicted octanol–water partition coefficient (Wildman–Crippen LogP) is 3.46. The Morgan fingerprint density at radius 2 is 1.45 bits per heavy atom.